The van der Waals surface area contributed by atoms with Crippen LogP contribution in [-0.2, 0) is 0 Å². The molecule has 266 valence electrons. The maximum Gasteiger partial charge on any atom is 0.0741 e. The molecule has 57 heavy (non-hydrogen) atoms. The molecule has 0 spiro atoms. The molecule has 0 N–H and O–H groups in total. The highest BCUT2D eigenvalue weighted by Gasteiger charge is 2.26. The number of rotatable bonds is 5. The number of fused-ring (bicyclic) bond motifs is 12. The van der Waals surface area contributed by atoms with Crippen LogP contribution >= 0.6 is 11.3 Å². The van der Waals surface area contributed by atoms with E-state index in [0.717, 1.165) is 45.0 Å². The Bertz CT molecular complexity index is 3430. The fourth-order valence-electron chi connectivity index (χ4n) is 9.01. The van der Waals surface area contributed by atoms with E-state index in [9.17, 15) is 0 Å². The van der Waals surface area contributed by atoms with Crippen LogP contribution in [0.3, 0.4) is 0 Å². The molecule has 4 heterocycles. The minimum absolute atomic E-state index is 0.961. The number of thiophene rings is 1. The van der Waals surface area contributed by atoms with E-state index < -0.39 is 0 Å². The lowest BCUT2D eigenvalue weighted by atomic mass is 9.99. The van der Waals surface area contributed by atoms with Crippen LogP contribution in [-0.4, -0.2) is 14.1 Å². The highest BCUT2D eigenvalue weighted by Crippen LogP contribution is 2.51. The molecule has 3 nitrogen and oxygen atoms in total. The Morgan fingerprint density at radius 2 is 0.842 bits per heavy atom. The molecule has 0 saturated heterocycles. The summed E-state index contributed by atoms with van der Waals surface area (Å²) in [4.78, 5) is 5.14. The van der Waals surface area contributed by atoms with Gasteiger partial charge in [0.25, 0.3) is 0 Å². The number of hydrogen-bond acceptors (Lipinski definition) is 2. The summed E-state index contributed by atoms with van der Waals surface area (Å²) in [6, 6.07) is 72.2. The van der Waals surface area contributed by atoms with Crippen molar-refractivity contribution in [3.05, 3.63) is 200 Å². The van der Waals surface area contributed by atoms with Gasteiger partial charge in [-0.1, -0.05) is 146 Å². The van der Waals surface area contributed by atoms with Gasteiger partial charge in [0.2, 0.25) is 0 Å². The second-order valence-corrected chi connectivity index (χ2v) is 15.7. The average molecular weight is 744 g/mol. The predicted octanol–water partition coefficient (Wildman–Crippen LogP) is 14.6. The van der Waals surface area contributed by atoms with E-state index in [2.05, 4.69) is 209 Å². The Morgan fingerprint density at radius 1 is 0.351 bits per heavy atom. The zero-order valence-corrected chi connectivity index (χ0v) is 31.6. The van der Waals surface area contributed by atoms with Crippen molar-refractivity contribution >= 4 is 75.1 Å². The Kier molecular flexibility index (Phi) is 7.10. The lowest BCUT2D eigenvalue weighted by Gasteiger charge is -2.13. The molecule has 0 atom stereocenters. The summed E-state index contributed by atoms with van der Waals surface area (Å²) in [6.45, 7) is 0. The standard InChI is InChI=1S/C53H33N3S/c1-4-16-35(17-5-1)43-32-37(33-44(54-43)36-18-6-2-7-19-36)34-28-30-39(31-29-34)56-46-26-14-11-23-41(46)50-51-48(49-42-24-12-15-27-47(42)57-53(49)52(50)56)40-22-10-13-25-45(40)55(51)38-20-8-3-9-21-38/h1-33H. The normalized spacial score (nSPS) is 11.9. The van der Waals surface area contributed by atoms with Crippen molar-refractivity contribution in [2.75, 3.05) is 0 Å². The maximum atomic E-state index is 5.14. The third kappa shape index (κ3) is 4.88. The summed E-state index contributed by atoms with van der Waals surface area (Å²) < 4.78 is 7.61. The molecule has 0 aliphatic heterocycles. The molecular formula is C53H33N3S. The number of hydrogen-bond donors (Lipinski definition) is 0. The van der Waals surface area contributed by atoms with Crippen LogP contribution in [0.1, 0.15) is 0 Å². The van der Waals surface area contributed by atoms with Crippen LogP contribution in [0.4, 0.5) is 0 Å². The molecule has 0 bridgehead atoms. The van der Waals surface area contributed by atoms with E-state index in [4.69, 9.17) is 4.98 Å². The Labute approximate surface area is 333 Å². The first kappa shape index (κ1) is 32.0. The SMILES string of the molecule is c1ccc(-c2cc(-c3ccc(-n4c5ccccc5c5c4c4sc6ccccc6c4c4c6ccccc6n(-c6ccccc6)c45)cc3)cc(-c3ccccc3)n2)cc1. The fraction of sp³-hybridized carbons (Fsp3) is 0. The second kappa shape index (κ2) is 12.6. The summed E-state index contributed by atoms with van der Waals surface area (Å²) in [5.74, 6) is 0. The number of aromatic nitrogens is 3. The summed E-state index contributed by atoms with van der Waals surface area (Å²) in [5.41, 5.74) is 13.6. The molecule has 8 aromatic carbocycles. The first-order valence-corrected chi connectivity index (χ1v) is 20.2. The summed E-state index contributed by atoms with van der Waals surface area (Å²) >= 11 is 1.91. The smallest absolute Gasteiger partial charge is 0.0741 e. The highest BCUT2D eigenvalue weighted by atomic mass is 32.1. The van der Waals surface area contributed by atoms with Gasteiger partial charge in [-0.25, -0.2) is 4.98 Å². The first-order chi connectivity index (χ1) is 28.3. The summed E-state index contributed by atoms with van der Waals surface area (Å²) in [7, 11) is 0. The molecule has 0 radical (unpaired) electrons. The molecule has 0 unspecified atom stereocenters. The molecule has 4 aromatic heterocycles. The van der Waals surface area contributed by atoms with Crippen molar-refractivity contribution in [1.29, 1.82) is 0 Å². The van der Waals surface area contributed by atoms with Crippen molar-refractivity contribution in [3.63, 3.8) is 0 Å². The zero-order chi connectivity index (χ0) is 37.5. The molecule has 0 fully saturated rings. The Morgan fingerprint density at radius 3 is 1.47 bits per heavy atom. The van der Waals surface area contributed by atoms with Crippen LogP contribution in [0, 0.1) is 0 Å². The quantitative estimate of drug-likeness (QED) is 0.172. The lowest BCUT2D eigenvalue weighted by Crippen LogP contribution is -1.96. The minimum atomic E-state index is 0.961. The molecule has 12 aromatic rings. The Balaban J connectivity index is 1.16. The van der Waals surface area contributed by atoms with Gasteiger partial charge in [-0.15, -0.1) is 11.3 Å². The third-order valence-corrected chi connectivity index (χ3v) is 12.7. The van der Waals surface area contributed by atoms with Gasteiger partial charge in [0.05, 0.1) is 38.2 Å². The van der Waals surface area contributed by atoms with Gasteiger partial charge in [0.1, 0.15) is 0 Å². The van der Waals surface area contributed by atoms with Gasteiger partial charge in [-0.05, 0) is 65.7 Å². The van der Waals surface area contributed by atoms with Crippen LogP contribution in [0.5, 0.6) is 0 Å². The van der Waals surface area contributed by atoms with Gasteiger partial charge in [-0.3, -0.25) is 0 Å². The molecule has 4 heteroatoms. The number of nitrogens with zero attached hydrogens (tertiary/aromatic N) is 3. The number of pyridine rings is 1. The molecule has 12 rings (SSSR count). The van der Waals surface area contributed by atoms with Crippen LogP contribution in [0.2, 0.25) is 0 Å². The van der Waals surface area contributed by atoms with Gasteiger partial charge in [0.15, 0.2) is 0 Å². The van der Waals surface area contributed by atoms with Gasteiger partial charge < -0.3 is 9.13 Å². The monoisotopic (exact) mass is 743 g/mol. The molecule has 0 saturated carbocycles. The zero-order valence-electron chi connectivity index (χ0n) is 30.8. The Hall–Kier alpha value is -7.27. The number of benzene rings is 8. The van der Waals surface area contributed by atoms with Crippen molar-refractivity contribution < 1.29 is 0 Å². The second-order valence-electron chi connectivity index (χ2n) is 14.7. The largest absolute Gasteiger partial charge is 0.309 e. The summed E-state index contributed by atoms with van der Waals surface area (Å²) in [5, 5.41) is 7.73. The summed E-state index contributed by atoms with van der Waals surface area (Å²) in [6.07, 6.45) is 0. The van der Waals surface area contributed by atoms with E-state index in [1.807, 2.05) is 11.3 Å². The predicted molar refractivity (Wildman–Crippen MR) is 242 cm³/mol. The third-order valence-electron chi connectivity index (χ3n) is 11.5. The van der Waals surface area contributed by atoms with Crippen molar-refractivity contribution in [3.8, 4) is 45.0 Å². The van der Waals surface area contributed by atoms with Crippen molar-refractivity contribution in [2.45, 2.75) is 0 Å². The van der Waals surface area contributed by atoms with E-state index in [0.29, 0.717) is 0 Å². The van der Waals surface area contributed by atoms with Crippen molar-refractivity contribution in [1.82, 2.24) is 14.1 Å². The van der Waals surface area contributed by atoms with Crippen LogP contribution < -0.4 is 0 Å². The molecule has 0 amide bonds. The fourth-order valence-corrected chi connectivity index (χ4v) is 10.3. The van der Waals surface area contributed by atoms with E-state index in [-0.39, 0.29) is 0 Å². The van der Waals surface area contributed by atoms with Crippen molar-refractivity contribution in [2.24, 2.45) is 0 Å². The molecule has 0 aliphatic carbocycles. The minimum Gasteiger partial charge on any atom is -0.309 e. The van der Waals surface area contributed by atoms with Gasteiger partial charge >= 0.3 is 0 Å². The van der Waals surface area contributed by atoms with E-state index in [1.54, 1.807) is 0 Å². The first-order valence-electron chi connectivity index (χ1n) is 19.4. The van der Waals surface area contributed by atoms with Gasteiger partial charge in [-0.2, -0.15) is 0 Å². The number of para-hydroxylation sites is 3. The average Bonchev–Trinajstić information content (AvgIpc) is 3.95. The van der Waals surface area contributed by atoms with E-state index >= 15 is 0 Å². The highest BCUT2D eigenvalue weighted by molar-refractivity contribution is 7.27. The van der Waals surface area contributed by atoms with Crippen LogP contribution in [0.15, 0.2) is 200 Å². The van der Waals surface area contributed by atoms with Crippen LogP contribution in [0.25, 0.3) is 109 Å². The van der Waals surface area contributed by atoms with E-state index in [1.165, 1.54) is 63.8 Å². The maximum absolute atomic E-state index is 5.14. The topological polar surface area (TPSA) is 22.8 Å². The molecule has 0 aliphatic rings. The van der Waals surface area contributed by atoms with Gasteiger partial charge in [0, 0.05) is 59.5 Å². The molecular weight excluding hydrogens is 711 g/mol. The lowest BCUT2D eigenvalue weighted by molar-refractivity contribution is 1.18.